The van der Waals surface area contributed by atoms with E-state index in [9.17, 15) is 9.67 Å². The lowest BCUT2D eigenvalue weighted by Gasteiger charge is -2.16. The van der Waals surface area contributed by atoms with Gasteiger partial charge in [-0.3, -0.25) is 4.57 Å². The molecule has 0 spiro atoms. The van der Waals surface area contributed by atoms with E-state index in [0.29, 0.717) is 0 Å². The molecular formula is C18H33O4P. The molecule has 0 aliphatic carbocycles. The standard InChI is InChI=1S/C18H33O4P/c1-15(2)9-7-10-16(3)11-8-12-17(4)13-18(19)14-23(20,21-5)22-6/h9,11,13,18-19H,7-8,10,12,14H2,1-6H3/b16-11+,17-13+. The maximum atomic E-state index is 11.9. The topological polar surface area (TPSA) is 55.8 Å². The Morgan fingerprint density at radius 2 is 1.52 bits per heavy atom. The third kappa shape index (κ3) is 11.5. The molecule has 5 heteroatoms. The normalized spacial score (nSPS) is 14.7. The third-order valence-electron chi connectivity index (χ3n) is 3.57. The number of hydrogen-bond acceptors (Lipinski definition) is 4. The average Bonchev–Trinajstić information content (AvgIpc) is 2.46. The molecule has 0 aromatic heterocycles. The van der Waals surface area contributed by atoms with E-state index in [-0.39, 0.29) is 6.16 Å². The molecule has 0 aliphatic heterocycles. The van der Waals surface area contributed by atoms with Crippen molar-refractivity contribution in [1.82, 2.24) is 0 Å². The Morgan fingerprint density at radius 1 is 1.00 bits per heavy atom. The van der Waals surface area contributed by atoms with E-state index in [0.717, 1.165) is 31.3 Å². The largest absolute Gasteiger partial charge is 0.388 e. The van der Waals surface area contributed by atoms with Crippen LogP contribution < -0.4 is 0 Å². The molecule has 0 aromatic carbocycles. The van der Waals surface area contributed by atoms with E-state index in [1.54, 1.807) is 6.08 Å². The van der Waals surface area contributed by atoms with E-state index in [1.165, 1.54) is 25.4 Å². The van der Waals surface area contributed by atoms with Crippen molar-refractivity contribution < 1.29 is 18.7 Å². The van der Waals surface area contributed by atoms with Crippen molar-refractivity contribution in [3.63, 3.8) is 0 Å². The van der Waals surface area contributed by atoms with Gasteiger partial charge in [-0.05, 0) is 53.4 Å². The predicted molar refractivity (Wildman–Crippen MR) is 97.9 cm³/mol. The molecule has 1 atom stereocenters. The van der Waals surface area contributed by atoms with Crippen molar-refractivity contribution >= 4 is 7.60 Å². The zero-order valence-corrected chi connectivity index (χ0v) is 16.4. The summed E-state index contributed by atoms with van der Waals surface area (Å²) in [5, 5.41) is 9.96. The summed E-state index contributed by atoms with van der Waals surface area (Å²) in [6.07, 6.45) is 9.39. The van der Waals surface area contributed by atoms with Crippen molar-refractivity contribution in [2.75, 3.05) is 20.4 Å². The van der Waals surface area contributed by atoms with Crippen LogP contribution in [0, 0.1) is 0 Å². The molecule has 1 N–H and O–H groups in total. The molecule has 0 rings (SSSR count). The second kappa shape index (κ2) is 11.8. The van der Waals surface area contributed by atoms with Crippen LogP contribution in [-0.4, -0.2) is 31.6 Å². The summed E-state index contributed by atoms with van der Waals surface area (Å²) in [6, 6.07) is 0. The second-order valence-electron chi connectivity index (χ2n) is 6.15. The first-order chi connectivity index (χ1) is 10.7. The summed E-state index contributed by atoms with van der Waals surface area (Å²) in [5.41, 5.74) is 3.82. The predicted octanol–water partition coefficient (Wildman–Crippen LogP) is 5.25. The fourth-order valence-corrected chi connectivity index (χ4v) is 3.16. The monoisotopic (exact) mass is 344 g/mol. The Labute approximate surface area is 141 Å². The van der Waals surface area contributed by atoms with Crippen LogP contribution in [0.15, 0.2) is 34.9 Å². The van der Waals surface area contributed by atoms with E-state index in [2.05, 4.69) is 32.9 Å². The Hall–Kier alpha value is -0.670. The van der Waals surface area contributed by atoms with Gasteiger partial charge >= 0.3 is 7.60 Å². The van der Waals surface area contributed by atoms with Gasteiger partial charge in [-0.25, -0.2) is 0 Å². The van der Waals surface area contributed by atoms with Gasteiger partial charge in [0.15, 0.2) is 0 Å². The minimum atomic E-state index is -3.17. The number of aliphatic hydroxyl groups is 1. The number of hydrogen-bond donors (Lipinski definition) is 1. The van der Waals surface area contributed by atoms with Crippen molar-refractivity contribution in [2.24, 2.45) is 0 Å². The molecule has 134 valence electrons. The molecule has 0 saturated heterocycles. The SMILES string of the molecule is COP(=O)(CC(O)/C=C(\C)CC/C=C(\C)CCC=C(C)C)OC. The highest BCUT2D eigenvalue weighted by molar-refractivity contribution is 7.53. The lowest BCUT2D eigenvalue weighted by molar-refractivity contribution is 0.218. The molecule has 0 heterocycles. The van der Waals surface area contributed by atoms with Crippen LogP contribution in [0.5, 0.6) is 0 Å². The first-order valence-electron chi connectivity index (χ1n) is 8.07. The maximum Gasteiger partial charge on any atom is 0.333 e. The van der Waals surface area contributed by atoms with Gasteiger partial charge in [0.1, 0.15) is 0 Å². The summed E-state index contributed by atoms with van der Waals surface area (Å²) in [4.78, 5) is 0. The van der Waals surface area contributed by atoms with Gasteiger partial charge in [-0.1, -0.05) is 34.9 Å². The summed E-state index contributed by atoms with van der Waals surface area (Å²) in [7, 11) is -0.508. The molecule has 23 heavy (non-hydrogen) atoms. The molecule has 0 aromatic rings. The lowest BCUT2D eigenvalue weighted by atomic mass is 10.1. The van der Waals surface area contributed by atoms with Crippen LogP contribution in [0.25, 0.3) is 0 Å². The molecule has 0 bridgehead atoms. The molecular weight excluding hydrogens is 311 g/mol. The zero-order valence-electron chi connectivity index (χ0n) is 15.5. The quantitative estimate of drug-likeness (QED) is 0.411. The highest BCUT2D eigenvalue weighted by atomic mass is 31.2. The Bertz CT molecular complexity index is 465. The van der Waals surface area contributed by atoms with E-state index in [1.807, 2.05) is 6.92 Å². The minimum absolute atomic E-state index is 0.0189. The lowest BCUT2D eigenvalue weighted by Crippen LogP contribution is -2.12. The van der Waals surface area contributed by atoms with Gasteiger partial charge in [0, 0.05) is 14.2 Å². The van der Waals surface area contributed by atoms with Gasteiger partial charge in [0.05, 0.1) is 12.3 Å². The first kappa shape index (κ1) is 22.3. The molecule has 0 fully saturated rings. The Morgan fingerprint density at radius 3 is 2.04 bits per heavy atom. The van der Waals surface area contributed by atoms with Crippen LogP contribution in [0.2, 0.25) is 0 Å². The van der Waals surface area contributed by atoms with Crippen molar-refractivity contribution in [1.29, 1.82) is 0 Å². The van der Waals surface area contributed by atoms with E-state index in [4.69, 9.17) is 9.05 Å². The van der Waals surface area contributed by atoms with Crippen LogP contribution in [0.3, 0.4) is 0 Å². The molecule has 0 saturated carbocycles. The molecule has 0 radical (unpaired) electrons. The summed E-state index contributed by atoms with van der Waals surface area (Å²) >= 11 is 0. The Kier molecular flexibility index (Phi) is 11.5. The summed E-state index contributed by atoms with van der Waals surface area (Å²) < 4.78 is 21.6. The van der Waals surface area contributed by atoms with Gasteiger partial charge in [-0.2, -0.15) is 0 Å². The van der Waals surface area contributed by atoms with Gasteiger partial charge in [0.25, 0.3) is 0 Å². The zero-order chi connectivity index (χ0) is 17.9. The first-order valence-corrected chi connectivity index (χ1v) is 9.80. The average molecular weight is 344 g/mol. The fraction of sp³-hybridized carbons (Fsp3) is 0.667. The van der Waals surface area contributed by atoms with Crippen LogP contribution in [0.1, 0.15) is 53.4 Å². The highest BCUT2D eigenvalue weighted by Gasteiger charge is 2.24. The minimum Gasteiger partial charge on any atom is -0.388 e. The molecule has 0 aliphatic rings. The number of rotatable bonds is 11. The Balaban J connectivity index is 4.29. The fourth-order valence-electron chi connectivity index (χ4n) is 2.15. The smallest absolute Gasteiger partial charge is 0.333 e. The van der Waals surface area contributed by atoms with Crippen molar-refractivity contribution in [3.8, 4) is 0 Å². The van der Waals surface area contributed by atoms with Gasteiger partial charge in [0.2, 0.25) is 0 Å². The summed E-state index contributed by atoms with van der Waals surface area (Å²) in [6.45, 7) is 8.36. The summed E-state index contributed by atoms with van der Waals surface area (Å²) in [5.74, 6) is 0. The van der Waals surface area contributed by atoms with E-state index >= 15 is 0 Å². The van der Waals surface area contributed by atoms with Crippen molar-refractivity contribution in [3.05, 3.63) is 34.9 Å². The molecule has 0 amide bonds. The maximum absolute atomic E-state index is 11.9. The third-order valence-corrected chi connectivity index (χ3v) is 5.50. The van der Waals surface area contributed by atoms with Gasteiger partial charge in [-0.15, -0.1) is 0 Å². The van der Waals surface area contributed by atoms with Crippen LogP contribution in [-0.2, 0) is 13.6 Å². The second-order valence-corrected chi connectivity index (χ2v) is 8.47. The van der Waals surface area contributed by atoms with Gasteiger partial charge < -0.3 is 14.2 Å². The van der Waals surface area contributed by atoms with Crippen molar-refractivity contribution in [2.45, 2.75) is 59.5 Å². The molecule has 4 nitrogen and oxygen atoms in total. The van der Waals surface area contributed by atoms with Crippen LogP contribution in [0.4, 0.5) is 0 Å². The number of allylic oxidation sites excluding steroid dienone is 5. The van der Waals surface area contributed by atoms with E-state index < -0.39 is 13.7 Å². The van der Waals surface area contributed by atoms with Crippen LogP contribution >= 0.6 is 7.60 Å². The number of aliphatic hydroxyl groups excluding tert-OH is 1. The highest BCUT2D eigenvalue weighted by Crippen LogP contribution is 2.46. The molecule has 1 unspecified atom stereocenters.